The monoisotopic (exact) mass is 249 g/mol. The van der Waals surface area contributed by atoms with Gasteiger partial charge in [-0.15, -0.1) is 0 Å². The molecule has 0 radical (unpaired) electrons. The van der Waals surface area contributed by atoms with E-state index in [4.69, 9.17) is 33.4 Å². The summed E-state index contributed by atoms with van der Waals surface area (Å²) in [6, 6.07) is 5.01. The summed E-state index contributed by atoms with van der Waals surface area (Å²) >= 11 is 11.8. The van der Waals surface area contributed by atoms with Crippen LogP contribution < -0.4 is 5.32 Å². The van der Waals surface area contributed by atoms with Gasteiger partial charge in [-0.3, -0.25) is 0 Å². The molecule has 0 aliphatic rings. The Balaban J connectivity index is 2.74. The lowest BCUT2D eigenvalue weighted by Gasteiger charge is -2.17. The molecule has 0 bridgehead atoms. The van der Waals surface area contributed by atoms with E-state index in [1.807, 2.05) is 0 Å². The molecule has 0 saturated heterocycles. The van der Waals surface area contributed by atoms with Crippen molar-refractivity contribution in [3.8, 4) is 0 Å². The Labute approximate surface area is 98.6 Å². The van der Waals surface area contributed by atoms with Crippen LogP contribution in [-0.2, 0) is 0 Å². The number of hydrogen-bond acceptors (Lipinski definition) is 3. The van der Waals surface area contributed by atoms with Crippen molar-refractivity contribution in [3.63, 3.8) is 0 Å². The van der Waals surface area contributed by atoms with E-state index in [1.165, 1.54) is 0 Å². The normalized spacial score (nSPS) is 12.5. The zero-order valence-electron chi connectivity index (χ0n) is 8.08. The molecule has 0 aliphatic carbocycles. The van der Waals surface area contributed by atoms with E-state index < -0.39 is 0 Å². The van der Waals surface area contributed by atoms with Gasteiger partial charge < -0.3 is 15.5 Å². The number of aliphatic hydroxyl groups is 2. The minimum Gasteiger partial charge on any atom is -0.396 e. The first kappa shape index (κ1) is 12.6. The highest BCUT2D eigenvalue weighted by Crippen LogP contribution is 2.30. The molecule has 0 aromatic heterocycles. The van der Waals surface area contributed by atoms with Crippen LogP contribution in [-0.4, -0.2) is 29.5 Å². The first-order valence-electron chi connectivity index (χ1n) is 4.61. The highest BCUT2D eigenvalue weighted by atomic mass is 35.5. The second kappa shape index (κ2) is 6.18. The Hall–Kier alpha value is -0.480. The smallest absolute Gasteiger partial charge is 0.0823 e. The second-order valence-corrected chi connectivity index (χ2v) is 3.92. The SMILES string of the molecule is OCCC(CO)Nc1cccc(Cl)c1Cl. The molecule has 15 heavy (non-hydrogen) atoms. The van der Waals surface area contributed by atoms with E-state index in [9.17, 15) is 0 Å². The van der Waals surface area contributed by atoms with Gasteiger partial charge in [0.2, 0.25) is 0 Å². The molecule has 1 aromatic rings. The lowest BCUT2D eigenvalue weighted by Crippen LogP contribution is -2.25. The fourth-order valence-electron chi connectivity index (χ4n) is 1.20. The molecule has 1 atom stereocenters. The maximum Gasteiger partial charge on any atom is 0.0823 e. The molecule has 1 unspecified atom stereocenters. The molecule has 3 N–H and O–H groups in total. The summed E-state index contributed by atoms with van der Waals surface area (Å²) in [6.07, 6.45) is 0.458. The van der Waals surface area contributed by atoms with Crippen LogP contribution >= 0.6 is 23.2 Å². The van der Waals surface area contributed by atoms with Gasteiger partial charge in [-0.2, -0.15) is 0 Å². The van der Waals surface area contributed by atoms with E-state index >= 15 is 0 Å². The molecule has 0 fully saturated rings. The Morgan fingerprint density at radius 3 is 2.60 bits per heavy atom. The van der Waals surface area contributed by atoms with Crippen molar-refractivity contribution in [2.75, 3.05) is 18.5 Å². The van der Waals surface area contributed by atoms with Crippen molar-refractivity contribution in [1.29, 1.82) is 0 Å². The van der Waals surface area contributed by atoms with Gasteiger partial charge in [0.05, 0.1) is 28.4 Å². The van der Waals surface area contributed by atoms with Crippen molar-refractivity contribution >= 4 is 28.9 Å². The van der Waals surface area contributed by atoms with Crippen LogP contribution in [0.15, 0.2) is 18.2 Å². The summed E-state index contributed by atoms with van der Waals surface area (Å²) in [5.41, 5.74) is 0.664. The quantitative estimate of drug-likeness (QED) is 0.750. The minimum atomic E-state index is -0.217. The summed E-state index contributed by atoms with van der Waals surface area (Å²) in [4.78, 5) is 0. The fraction of sp³-hybridized carbons (Fsp3) is 0.400. The fourth-order valence-corrected chi connectivity index (χ4v) is 1.56. The van der Waals surface area contributed by atoms with E-state index in [0.29, 0.717) is 22.2 Å². The Bertz CT molecular complexity index is 320. The first-order valence-corrected chi connectivity index (χ1v) is 5.37. The number of anilines is 1. The van der Waals surface area contributed by atoms with E-state index in [-0.39, 0.29) is 19.3 Å². The van der Waals surface area contributed by atoms with Crippen molar-refractivity contribution < 1.29 is 10.2 Å². The topological polar surface area (TPSA) is 52.5 Å². The number of halogens is 2. The number of aliphatic hydroxyl groups excluding tert-OH is 2. The molecule has 0 heterocycles. The molecular formula is C10H13Cl2NO2. The molecule has 0 saturated carbocycles. The molecular weight excluding hydrogens is 237 g/mol. The molecule has 0 spiro atoms. The highest BCUT2D eigenvalue weighted by Gasteiger charge is 2.10. The Kier molecular flexibility index (Phi) is 5.19. The van der Waals surface area contributed by atoms with Crippen molar-refractivity contribution in [3.05, 3.63) is 28.2 Å². The minimum absolute atomic E-state index is 0.0103. The summed E-state index contributed by atoms with van der Waals surface area (Å²) in [5.74, 6) is 0. The number of rotatable bonds is 5. The van der Waals surface area contributed by atoms with Crippen LogP contribution in [0, 0.1) is 0 Å². The van der Waals surface area contributed by atoms with Gasteiger partial charge in [-0.25, -0.2) is 0 Å². The standard InChI is InChI=1S/C10H13Cl2NO2/c11-8-2-1-3-9(10(8)12)13-7(6-15)4-5-14/h1-3,7,13-15H,4-6H2. The average Bonchev–Trinajstić information content (AvgIpc) is 2.24. The van der Waals surface area contributed by atoms with Crippen LogP contribution in [0.2, 0.25) is 10.0 Å². The third-order valence-corrected chi connectivity index (χ3v) is 2.83. The maximum absolute atomic E-state index is 9.03. The number of benzene rings is 1. The van der Waals surface area contributed by atoms with Crippen LogP contribution in [0.4, 0.5) is 5.69 Å². The van der Waals surface area contributed by atoms with Crippen LogP contribution in [0.5, 0.6) is 0 Å². The van der Waals surface area contributed by atoms with Crippen LogP contribution in [0.25, 0.3) is 0 Å². The Morgan fingerprint density at radius 2 is 2.00 bits per heavy atom. The first-order chi connectivity index (χ1) is 7.19. The van der Waals surface area contributed by atoms with Crippen LogP contribution in [0.1, 0.15) is 6.42 Å². The van der Waals surface area contributed by atoms with E-state index in [0.717, 1.165) is 0 Å². The zero-order chi connectivity index (χ0) is 11.3. The number of hydrogen-bond donors (Lipinski definition) is 3. The largest absolute Gasteiger partial charge is 0.396 e. The van der Waals surface area contributed by atoms with Crippen molar-refractivity contribution in [1.82, 2.24) is 0 Å². The van der Waals surface area contributed by atoms with Gasteiger partial charge in [-0.05, 0) is 18.6 Å². The maximum atomic E-state index is 9.03. The summed E-state index contributed by atoms with van der Waals surface area (Å²) in [5, 5.41) is 21.7. The van der Waals surface area contributed by atoms with Crippen molar-refractivity contribution in [2.45, 2.75) is 12.5 Å². The van der Waals surface area contributed by atoms with Gasteiger partial charge >= 0.3 is 0 Å². The number of nitrogens with one attached hydrogen (secondary N) is 1. The van der Waals surface area contributed by atoms with E-state index in [2.05, 4.69) is 5.32 Å². The van der Waals surface area contributed by atoms with E-state index in [1.54, 1.807) is 18.2 Å². The van der Waals surface area contributed by atoms with Gasteiger partial charge in [0.25, 0.3) is 0 Å². The summed E-state index contributed by atoms with van der Waals surface area (Å²) in [6.45, 7) is -0.0557. The average molecular weight is 250 g/mol. The molecule has 1 aromatic carbocycles. The Morgan fingerprint density at radius 1 is 1.27 bits per heavy atom. The lowest BCUT2D eigenvalue weighted by atomic mass is 10.2. The molecule has 1 rings (SSSR count). The second-order valence-electron chi connectivity index (χ2n) is 3.14. The molecule has 0 amide bonds. The van der Waals surface area contributed by atoms with Gasteiger partial charge in [0.15, 0.2) is 0 Å². The predicted octanol–water partition coefficient (Wildman–Crippen LogP) is 2.15. The third kappa shape index (κ3) is 3.54. The van der Waals surface area contributed by atoms with Gasteiger partial charge in [-0.1, -0.05) is 29.3 Å². The molecule has 5 heteroatoms. The summed E-state index contributed by atoms with van der Waals surface area (Å²) < 4.78 is 0. The molecule has 84 valence electrons. The molecule has 3 nitrogen and oxygen atoms in total. The van der Waals surface area contributed by atoms with Gasteiger partial charge in [0, 0.05) is 6.61 Å². The lowest BCUT2D eigenvalue weighted by molar-refractivity contribution is 0.229. The molecule has 0 aliphatic heterocycles. The van der Waals surface area contributed by atoms with Gasteiger partial charge in [0.1, 0.15) is 0 Å². The van der Waals surface area contributed by atoms with Crippen LogP contribution in [0.3, 0.4) is 0 Å². The predicted molar refractivity (Wildman–Crippen MR) is 62.7 cm³/mol. The third-order valence-electron chi connectivity index (χ3n) is 2.01. The zero-order valence-corrected chi connectivity index (χ0v) is 9.59. The summed E-state index contributed by atoms with van der Waals surface area (Å²) in [7, 11) is 0. The van der Waals surface area contributed by atoms with Crippen molar-refractivity contribution in [2.24, 2.45) is 0 Å². The highest BCUT2D eigenvalue weighted by molar-refractivity contribution is 6.43.